The maximum absolute atomic E-state index is 13.1. The van der Waals surface area contributed by atoms with Crippen LogP contribution in [0.4, 0.5) is 0 Å². The molecule has 1 fully saturated rings. The quantitative estimate of drug-likeness (QED) is 0.233. The highest BCUT2D eigenvalue weighted by Crippen LogP contribution is 2.41. The third-order valence-corrected chi connectivity index (χ3v) is 10.9. The number of rotatable bonds is 11. The summed E-state index contributed by atoms with van der Waals surface area (Å²) in [5.74, 6) is -2.30. The number of esters is 2. The largest absolute Gasteiger partial charge is 0.466 e. The molecule has 0 radical (unpaired) electrons. The fourth-order valence-electron chi connectivity index (χ4n) is 3.58. The number of carbonyl (C=O) groups is 2. The molecule has 36 heavy (non-hydrogen) atoms. The predicted molar refractivity (Wildman–Crippen MR) is 139 cm³/mol. The van der Waals surface area contributed by atoms with Crippen molar-refractivity contribution in [2.75, 3.05) is 20.3 Å². The Bertz CT molecular complexity index is 904. The van der Waals surface area contributed by atoms with Crippen molar-refractivity contribution in [3.8, 4) is 0 Å². The van der Waals surface area contributed by atoms with Crippen LogP contribution in [0, 0.1) is 0 Å². The first kappa shape index (κ1) is 30.2. The Morgan fingerprint density at radius 2 is 1.78 bits per heavy atom. The van der Waals surface area contributed by atoms with E-state index in [0.29, 0.717) is 6.61 Å². The molecule has 0 N–H and O–H groups in total. The second-order valence-corrected chi connectivity index (χ2v) is 15.5. The van der Waals surface area contributed by atoms with E-state index in [0.717, 1.165) is 11.6 Å². The van der Waals surface area contributed by atoms with E-state index in [1.807, 2.05) is 30.3 Å². The molecule has 202 valence electrons. The Hall–Kier alpha value is -2.04. The Kier molecular flexibility index (Phi) is 10.5. The van der Waals surface area contributed by atoms with Crippen LogP contribution >= 0.6 is 0 Å². The second-order valence-electron chi connectivity index (χ2n) is 10.8. The monoisotopic (exact) mass is 522 g/mol. The minimum absolute atomic E-state index is 0.0351. The molecule has 1 heterocycles. The molecule has 1 aromatic carbocycles. The molecule has 0 aliphatic carbocycles. The van der Waals surface area contributed by atoms with E-state index in [-0.39, 0.29) is 23.8 Å². The molecule has 2 rings (SSSR count). The van der Waals surface area contributed by atoms with Crippen molar-refractivity contribution in [2.45, 2.75) is 90.4 Å². The first-order chi connectivity index (χ1) is 16.7. The number of carbonyl (C=O) groups excluding carboxylic acids is 2. The first-order valence-electron chi connectivity index (χ1n) is 12.3. The SMILES string of the molecule is CCOC(=O)/C(=C\C(=O)OC)[C@@H](O[Si](C)(C)C(C)(C)C)[C@@H]1OC(C)(C)O[C@H]1COCc1ccccc1. The van der Waals surface area contributed by atoms with Gasteiger partial charge in [0.2, 0.25) is 0 Å². The molecule has 1 aliphatic heterocycles. The van der Waals surface area contributed by atoms with Crippen molar-refractivity contribution in [1.29, 1.82) is 0 Å². The van der Waals surface area contributed by atoms with Crippen molar-refractivity contribution < 1.29 is 37.7 Å². The molecule has 0 unspecified atom stereocenters. The van der Waals surface area contributed by atoms with E-state index in [2.05, 4.69) is 33.9 Å². The Balaban J connectivity index is 2.46. The van der Waals surface area contributed by atoms with Gasteiger partial charge in [0.15, 0.2) is 14.1 Å². The zero-order valence-electron chi connectivity index (χ0n) is 23.1. The second kappa shape index (κ2) is 12.5. The molecule has 1 saturated heterocycles. The summed E-state index contributed by atoms with van der Waals surface area (Å²) < 4.78 is 35.4. The van der Waals surface area contributed by atoms with Crippen molar-refractivity contribution in [1.82, 2.24) is 0 Å². The molecule has 0 amide bonds. The fraction of sp³-hybridized carbons (Fsp3) is 0.630. The van der Waals surface area contributed by atoms with Gasteiger partial charge in [-0.2, -0.15) is 0 Å². The number of hydrogen-bond donors (Lipinski definition) is 0. The van der Waals surface area contributed by atoms with Crippen LogP contribution in [0.2, 0.25) is 18.1 Å². The number of methoxy groups -OCH3 is 1. The van der Waals surface area contributed by atoms with Gasteiger partial charge >= 0.3 is 11.9 Å². The molecule has 1 aromatic rings. The molecule has 9 heteroatoms. The van der Waals surface area contributed by atoms with Gasteiger partial charge < -0.3 is 28.1 Å². The molecule has 0 spiro atoms. The van der Waals surface area contributed by atoms with Gasteiger partial charge in [0.05, 0.1) is 32.5 Å². The van der Waals surface area contributed by atoms with E-state index in [1.54, 1.807) is 20.8 Å². The summed E-state index contributed by atoms with van der Waals surface area (Å²) in [5, 5.41) is -0.176. The molecule has 8 nitrogen and oxygen atoms in total. The van der Waals surface area contributed by atoms with Crippen LogP contribution in [0.3, 0.4) is 0 Å². The van der Waals surface area contributed by atoms with E-state index in [1.165, 1.54) is 7.11 Å². The highest BCUT2D eigenvalue weighted by atomic mass is 28.4. The highest BCUT2D eigenvalue weighted by Gasteiger charge is 2.51. The average molecular weight is 523 g/mol. The van der Waals surface area contributed by atoms with Gasteiger partial charge in [0.1, 0.15) is 18.3 Å². The van der Waals surface area contributed by atoms with Gasteiger partial charge in [-0.1, -0.05) is 51.1 Å². The zero-order chi connectivity index (χ0) is 27.1. The van der Waals surface area contributed by atoms with Gasteiger partial charge in [0, 0.05) is 6.08 Å². The van der Waals surface area contributed by atoms with Crippen molar-refractivity contribution in [3.05, 3.63) is 47.5 Å². The molecule has 0 saturated carbocycles. The maximum atomic E-state index is 13.1. The summed E-state index contributed by atoms with van der Waals surface area (Å²) in [6.07, 6.45) is -1.10. The first-order valence-corrected chi connectivity index (χ1v) is 15.2. The Morgan fingerprint density at radius 3 is 2.33 bits per heavy atom. The Labute approximate surface area is 216 Å². The maximum Gasteiger partial charge on any atom is 0.336 e. The van der Waals surface area contributed by atoms with Gasteiger partial charge in [-0.05, 0) is 44.5 Å². The predicted octanol–water partition coefficient (Wildman–Crippen LogP) is 4.78. The molecule has 3 atom stereocenters. The van der Waals surface area contributed by atoms with E-state index < -0.39 is 44.4 Å². The smallest absolute Gasteiger partial charge is 0.336 e. The number of benzene rings is 1. The molecule has 1 aliphatic rings. The summed E-state index contributed by atoms with van der Waals surface area (Å²) in [7, 11) is -1.21. The van der Waals surface area contributed by atoms with Crippen molar-refractivity contribution >= 4 is 20.3 Å². The minimum Gasteiger partial charge on any atom is -0.466 e. The third kappa shape index (κ3) is 8.24. The van der Waals surface area contributed by atoms with Gasteiger partial charge in [-0.25, -0.2) is 9.59 Å². The lowest BCUT2D eigenvalue weighted by Gasteiger charge is -2.41. The summed E-state index contributed by atoms with van der Waals surface area (Å²) in [6.45, 7) is 16.5. The van der Waals surface area contributed by atoms with E-state index >= 15 is 0 Å². The highest BCUT2D eigenvalue weighted by molar-refractivity contribution is 6.74. The van der Waals surface area contributed by atoms with Gasteiger partial charge in [0.25, 0.3) is 0 Å². The lowest BCUT2D eigenvalue weighted by atomic mass is 10.00. The average Bonchev–Trinajstić information content (AvgIpc) is 3.10. The summed E-state index contributed by atoms with van der Waals surface area (Å²) in [4.78, 5) is 25.4. The molecular formula is C27H42O8Si. The lowest BCUT2D eigenvalue weighted by molar-refractivity contribution is -0.157. The standard InChI is InChI=1S/C27H42O8Si/c1-10-32-25(29)20(16-22(28)30-7)23(35-36(8,9)26(2,3)4)24-21(33-27(5,6)34-24)18-31-17-19-14-12-11-13-15-19/h11-16,21,23-24H,10,17-18H2,1-9H3/b20-16-/t21-,23+,24+/m0/s1. The van der Waals surface area contributed by atoms with Crippen LogP contribution in [0.5, 0.6) is 0 Å². The number of ether oxygens (including phenoxy) is 5. The van der Waals surface area contributed by atoms with Crippen LogP contribution in [-0.4, -0.2) is 64.7 Å². The lowest BCUT2D eigenvalue weighted by Crippen LogP contribution is -2.51. The van der Waals surface area contributed by atoms with Crippen LogP contribution in [0.15, 0.2) is 42.0 Å². The molecular weight excluding hydrogens is 480 g/mol. The third-order valence-electron chi connectivity index (χ3n) is 6.43. The van der Waals surface area contributed by atoms with E-state index in [9.17, 15) is 9.59 Å². The fourth-order valence-corrected chi connectivity index (χ4v) is 4.82. The van der Waals surface area contributed by atoms with Crippen LogP contribution < -0.4 is 0 Å². The van der Waals surface area contributed by atoms with Gasteiger partial charge in [-0.3, -0.25) is 0 Å². The number of hydrogen-bond acceptors (Lipinski definition) is 8. The summed E-state index contributed by atoms with van der Waals surface area (Å²) in [5.41, 5.74) is 1.06. The van der Waals surface area contributed by atoms with E-state index in [4.69, 9.17) is 28.1 Å². The van der Waals surface area contributed by atoms with Crippen LogP contribution in [-0.2, 0) is 44.3 Å². The summed E-state index contributed by atoms with van der Waals surface area (Å²) in [6, 6.07) is 9.81. The zero-order valence-corrected chi connectivity index (χ0v) is 24.1. The normalized spacial score (nSPS) is 21.2. The minimum atomic E-state index is -2.47. The Morgan fingerprint density at radius 1 is 1.14 bits per heavy atom. The van der Waals surface area contributed by atoms with Gasteiger partial charge in [-0.15, -0.1) is 0 Å². The molecule has 0 aromatic heterocycles. The van der Waals surface area contributed by atoms with Crippen LogP contribution in [0.1, 0.15) is 47.1 Å². The summed E-state index contributed by atoms with van der Waals surface area (Å²) >= 11 is 0. The topological polar surface area (TPSA) is 89.5 Å². The van der Waals surface area contributed by atoms with Crippen LogP contribution in [0.25, 0.3) is 0 Å². The molecule has 0 bridgehead atoms. The van der Waals surface area contributed by atoms with Crippen molar-refractivity contribution in [3.63, 3.8) is 0 Å². The van der Waals surface area contributed by atoms with Crippen molar-refractivity contribution in [2.24, 2.45) is 0 Å².